The topological polar surface area (TPSA) is 134 Å². The number of carbonyl (C=O) groups excluding carboxylic acids is 1. The molecule has 1 aliphatic rings. The number of rotatable bonds is 5. The van der Waals surface area contributed by atoms with Crippen LogP contribution in [0.25, 0.3) is 33.4 Å². The van der Waals surface area contributed by atoms with Crippen molar-refractivity contribution < 1.29 is 13.9 Å². The molecule has 0 unspecified atom stereocenters. The van der Waals surface area contributed by atoms with Crippen molar-refractivity contribution in [2.24, 2.45) is 5.92 Å². The van der Waals surface area contributed by atoms with Crippen LogP contribution in [0.4, 0.5) is 17.5 Å². The summed E-state index contributed by atoms with van der Waals surface area (Å²) in [6, 6.07) is 12.5. The highest BCUT2D eigenvalue weighted by atomic mass is 16.5. The molecule has 0 atom stereocenters. The standard InChI is InChI=1S/C28H29N7O3/c1-15-12-16(2)24-21(13-15)33-28(38-24)32-19-8-4-17(5-9-19)23-22-25(29)30-14-31-26(22)35(34-23)20-10-6-18(7-11-20)27(36)37-3/h4-5,8-9,12-14,18,20H,6-7,10-11H2,1-3H3,(H,32,33)(H2,29,30,31)/t18-,20+. The molecule has 3 N–H and O–H groups in total. The van der Waals surface area contributed by atoms with E-state index in [-0.39, 0.29) is 17.9 Å². The van der Waals surface area contributed by atoms with Crippen LogP contribution >= 0.6 is 0 Å². The fourth-order valence-corrected chi connectivity index (χ4v) is 5.44. The van der Waals surface area contributed by atoms with Gasteiger partial charge in [0, 0.05) is 11.3 Å². The number of oxazole rings is 1. The van der Waals surface area contributed by atoms with Crippen LogP contribution in [0, 0.1) is 19.8 Å². The van der Waals surface area contributed by atoms with Gasteiger partial charge in [-0.15, -0.1) is 0 Å². The largest absolute Gasteiger partial charge is 0.469 e. The van der Waals surface area contributed by atoms with E-state index in [4.69, 9.17) is 20.0 Å². The molecule has 0 aliphatic heterocycles. The van der Waals surface area contributed by atoms with Gasteiger partial charge in [0.1, 0.15) is 23.4 Å². The van der Waals surface area contributed by atoms with E-state index in [1.807, 2.05) is 48.9 Å². The quantitative estimate of drug-likeness (QED) is 0.294. The fourth-order valence-electron chi connectivity index (χ4n) is 5.44. The molecule has 5 aromatic rings. The van der Waals surface area contributed by atoms with Gasteiger partial charge in [0.2, 0.25) is 0 Å². The number of methoxy groups -OCH3 is 1. The zero-order chi connectivity index (χ0) is 26.4. The van der Waals surface area contributed by atoms with Gasteiger partial charge in [0.25, 0.3) is 6.01 Å². The van der Waals surface area contributed by atoms with E-state index in [2.05, 4.69) is 26.3 Å². The number of carbonyl (C=O) groups is 1. The van der Waals surface area contributed by atoms with Gasteiger partial charge in [0.05, 0.1) is 24.5 Å². The van der Waals surface area contributed by atoms with Gasteiger partial charge in [-0.25, -0.2) is 14.6 Å². The van der Waals surface area contributed by atoms with Crippen molar-refractivity contribution >= 4 is 45.6 Å². The second-order valence-electron chi connectivity index (χ2n) is 9.93. The van der Waals surface area contributed by atoms with E-state index in [1.165, 1.54) is 13.4 Å². The number of nitrogen functional groups attached to an aromatic ring is 1. The predicted octanol–water partition coefficient (Wildman–Crippen LogP) is 5.48. The maximum absolute atomic E-state index is 12.0. The summed E-state index contributed by atoms with van der Waals surface area (Å²) in [5.74, 6) is 0.183. The second-order valence-corrected chi connectivity index (χ2v) is 9.93. The molecule has 1 aliphatic carbocycles. The number of nitrogens with zero attached hydrogens (tertiary/aromatic N) is 5. The van der Waals surface area contributed by atoms with E-state index in [0.717, 1.165) is 70.2 Å². The summed E-state index contributed by atoms with van der Waals surface area (Å²) in [6.07, 6.45) is 4.60. The van der Waals surface area contributed by atoms with E-state index in [1.54, 1.807) is 0 Å². The van der Waals surface area contributed by atoms with Gasteiger partial charge in [-0.05, 0) is 68.9 Å². The number of aromatic nitrogens is 5. The van der Waals surface area contributed by atoms with E-state index < -0.39 is 0 Å². The van der Waals surface area contributed by atoms with Gasteiger partial charge in [-0.3, -0.25) is 4.79 Å². The monoisotopic (exact) mass is 511 g/mol. The summed E-state index contributed by atoms with van der Waals surface area (Å²) in [4.78, 5) is 25.3. The molecule has 194 valence electrons. The number of hydrogen-bond donors (Lipinski definition) is 2. The molecular formula is C28H29N7O3. The molecule has 38 heavy (non-hydrogen) atoms. The number of hydrogen-bond acceptors (Lipinski definition) is 9. The zero-order valence-electron chi connectivity index (χ0n) is 21.6. The van der Waals surface area contributed by atoms with Crippen LogP contribution in [0.15, 0.2) is 47.1 Å². The average Bonchev–Trinajstić information content (AvgIpc) is 3.51. The third-order valence-electron chi connectivity index (χ3n) is 7.32. The summed E-state index contributed by atoms with van der Waals surface area (Å²) in [7, 11) is 1.44. The Morgan fingerprint density at radius 1 is 1.11 bits per heavy atom. The highest BCUT2D eigenvalue weighted by Crippen LogP contribution is 2.38. The Labute approximate surface area is 219 Å². The normalized spacial score (nSPS) is 17.7. The van der Waals surface area contributed by atoms with Crippen LogP contribution in [0.3, 0.4) is 0 Å². The van der Waals surface area contributed by atoms with Crippen LogP contribution < -0.4 is 11.1 Å². The molecule has 0 saturated heterocycles. The van der Waals surface area contributed by atoms with Crippen molar-refractivity contribution in [2.75, 3.05) is 18.2 Å². The van der Waals surface area contributed by atoms with E-state index in [9.17, 15) is 4.79 Å². The zero-order valence-corrected chi connectivity index (χ0v) is 21.6. The minimum atomic E-state index is -0.141. The maximum Gasteiger partial charge on any atom is 0.308 e. The number of ether oxygens (including phenoxy) is 1. The Balaban J connectivity index is 1.28. The number of benzene rings is 2. The summed E-state index contributed by atoms with van der Waals surface area (Å²) in [6.45, 7) is 4.06. The molecule has 0 spiro atoms. The Bertz CT molecular complexity index is 1650. The molecule has 6 rings (SSSR count). The molecule has 1 fully saturated rings. The van der Waals surface area contributed by atoms with Crippen molar-refractivity contribution in [2.45, 2.75) is 45.6 Å². The number of anilines is 3. The lowest BCUT2D eigenvalue weighted by atomic mass is 9.86. The van der Waals surface area contributed by atoms with Gasteiger partial charge >= 0.3 is 5.97 Å². The first-order valence-corrected chi connectivity index (χ1v) is 12.7. The summed E-state index contributed by atoms with van der Waals surface area (Å²) in [5, 5.41) is 8.94. The lowest BCUT2D eigenvalue weighted by Gasteiger charge is -2.27. The van der Waals surface area contributed by atoms with Crippen LogP contribution in [0.5, 0.6) is 0 Å². The van der Waals surface area contributed by atoms with Crippen molar-refractivity contribution in [3.8, 4) is 11.3 Å². The minimum absolute atomic E-state index is 0.0635. The molecule has 2 aromatic carbocycles. The van der Waals surface area contributed by atoms with Crippen LogP contribution in [-0.4, -0.2) is 37.8 Å². The third kappa shape index (κ3) is 4.21. The van der Waals surface area contributed by atoms with E-state index in [0.29, 0.717) is 17.5 Å². The SMILES string of the molecule is COC(=O)[C@H]1CC[C@@H](n2nc(-c3ccc(Nc4nc5cc(C)cc(C)c5o4)cc3)c3c(N)ncnc32)CC1. The molecule has 3 heterocycles. The van der Waals surface area contributed by atoms with Crippen molar-refractivity contribution in [1.82, 2.24) is 24.7 Å². The molecule has 10 heteroatoms. The second kappa shape index (κ2) is 9.44. The molecule has 10 nitrogen and oxygen atoms in total. The molecule has 1 saturated carbocycles. The summed E-state index contributed by atoms with van der Waals surface area (Å²) in [5.41, 5.74) is 13.3. The molecule has 0 radical (unpaired) electrons. The molecule has 3 aromatic heterocycles. The Kier molecular flexibility index (Phi) is 5.94. The Morgan fingerprint density at radius 2 is 1.87 bits per heavy atom. The van der Waals surface area contributed by atoms with Gasteiger partial charge in [-0.2, -0.15) is 10.1 Å². The Hall–Kier alpha value is -4.47. The molecular weight excluding hydrogens is 482 g/mol. The van der Waals surface area contributed by atoms with Crippen LogP contribution in [0.1, 0.15) is 42.9 Å². The predicted molar refractivity (Wildman–Crippen MR) is 145 cm³/mol. The van der Waals surface area contributed by atoms with Gasteiger partial charge in [0.15, 0.2) is 11.2 Å². The number of aryl methyl sites for hydroxylation is 2. The smallest absolute Gasteiger partial charge is 0.308 e. The first kappa shape index (κ1) is 23.9. The minimum Gasteiger partial charge on any atom is -0.469 e. The first-order valence-electron chi connectivity index (χ1n) is 12.7. The van der Waals surface area contributed by atoms with Crippen molar-refractivity contribution in [1.29, 1.82) is 0 Å². The number of nitrogens with two attached hydrogens (primary N) is 1. The molecule has 0 bridgehead atoms. The van der Waals surface area contributed by atoms with Crippen molar-refractivity contribution in [3.63, 3.8) is 0 Å². The summed E-state index contributed by atoms with van der Waals surface area (Å²) < 4.78 is 12.8. The van der Waals surface area contributed by atoms with Gasteiger partial charge in [-0.1, -0.05) is 18.2 Å². The average molecular weight is 512 g/mol. The van der Waals surface area contributed by atoms with Crippen LogP contribution in [-0.2, 0) is 9.53 Å². The number of esters is 1. The number of nitrogens with one attached hydrogen (secondary N) is 1. The Morgan fingerprint density at radius 3 is 2.61 bits per heavy atom. The van der Waals surface area contributed by atoms with Gasteiger partial charge < -0.3 is 20.2 Å². The van der Waals surface area contributed by atoms with Crippen LogP contribution in [0.2, 0.25) is 0 Å². The van der Waals surface area contributed by atoms with E-state index >= 15 is 0 Å². The lowest BCUT2D eigenvalue weighted by molar-refractivity contribution is -0.146. The first-order chi connectivity index (χ1) is 18.4. The maximum atomic E-state index is 12.0. The highest BCUT2D eigenvalue weighted by Gasteiger charge is 2.30. The van der Waals surface area contributed by atoms with Crippen molar-refractivity contribution in [3.05, 3.63) is 53.9 Å². The molecule has 0 amide bonds. The fraction of sp³-hybridized carbons (Fsp3) is 0.321. The lowest BCUT2D eigenvalue weighted by Crippen LogP contribution is -2.25. The number of fused-ring (bicyclic) bond motifs is 2. The third-order valence-corrected chi connectivity index (χ3v) is 7.32. The summed E-state index contributed by atoms with van der Waals surface area (Å²) >= 11 is 0. The highest BCUT2D eigenvalue weighted by molar-refractivity contribution is 5.98.